The zero-order valence-electron chi connectivity index (χ0n) is 13.2. The summed E-state index contributed by atoms with van der Waals surface area (Å²) in [6.07, 6.45) is 1.85. The van der Waals surface area contributed by atoms with Gasteiger partial charge < -0.3 is 4.52 Å². The van der Waals surface area contributed by atoms with E-state index in [-0.39, 0.29) is 0 Å². The molecule has 1 aliphatic heterocycles. The number of hydrogen-bond donors (Lipinski definition) is 0. The highest BCUT2D eigenvalue weighted by molar-refractivity contribution is 5.59. The highest BCUT2D eigenvalue weighted by Crippen LogP contribution is 2.20. The minimum absolute atomic E-state index is 0.808. The normalized spacial score (nSPS) is 16.5. The Labute approximate surface area is 131 Å². The number of hydrazone groups is 1. The fourth-order valence-electron chi connectivity index (χ4n) is 2.64. The van der Waals surface area contributed by atoms with Crippen molar-refractivity contribution in [1.82, 2.24) is 15.1 Å². The van der Waals surface area contributed by atoms with Gasteiger partial charge in [-0.25, -0.2) is 0 Å². The fraction of sp³-hybridized carbons (Fsp3) is 0.412. The molecular weight excluding hydrogens is 276 g/mol. The summed E-state index contributed by atoms with van der Waals surface area (Å²) in [5.74, 6) is 0.919. The first-order valence-corrected chi connectivity index (χ1v) is 7.73. The van der Waals surface area contributed by atoms with Crippen LogP contribution in [0.1, 0.15) is 18.2 Å². The molecule has 2 heterocycles. The second-order valence-electron chi connectivity index (χ2n) is 5.65. The summed E-state index contributed by atoms with van der Waals surface area (Å²) in [5, 5.41) is 10.6. The molecule has 0 atom stereocenters. The number of nitrogens with zero attached hydrogens (tertiary/aromatic N) is 4. The van der Waals surface area contributed by atoms with Crippen LogP contribution in [-0.4, -0.2) is 47.5 Å². The van der Waals surface area contributed by atoms with Crippen molar-refractivity contribution in [3.63, 3.8) is 0 Å². The lowest BCUT2D eigenvalue weighted by molar-refractivity contribution is 0.122. The van der Waals surface area contributed by atoms with Gasteiger partial charge >= 0.3 is 0 Å². The minimum Gasteiger partial charge on any atom is -0.359 e. The van der Waals surface area contributed by atoms with E-state index in [2.05, 4.69) is 51.4 Å². The maximum Gasteiger partial charge on any atom is 0.151 e. The third kappa shape index (κ3) is 3.54. The monoisotopic (exact) mass is 298 g/mol. The largest absolute Gasteiger partial charge is 0.359 e. The van der Waals surface area contributed by atoms with Crippen LogP contribution in [0.5, 0.6) is 0 Å². The summed E-state index contributed by atoms with van der Waals surface area (Å²) in [7, 11) is 0. The molecular formula is C17H22N4O. The predicted octanol–water partition coefficient (Wildman–Crippen LogP) is 2.77. The molecule has 0 N–H and O–H groups in total. The van der Waals surface area contributed by atoms with Crippen LogP contribution in [0, 0.1) is 6.92 Å². The molecule has 3 rings (SSSR count). The van der Waals surface area contributed by atoms with E-state index in [4.69, 9.17) is 4.52 Å². The zero-order chi connectivity index (χ0) is 15.4. The summed E-state index contributed by atoms with van der Waals surface area (Å²) in [6, 6.07) is 10.4. The predicted molar refractivity (Wildman–Crippen MR) is 87.7 cm³/mol. The molecule has 1 aliphatic rings. The van der Waals surface area contributed by atoms with Crippen LogP contribution in [0.4, 0.5) is 0 Å². The summed E-state index contributed by atoms with van der Waals surface area (Å²) in [5.41, 5.74) is 3.26. The fourth-order valence-corrected chi connectivity index (χ4v) is 2.64. The second-order valence-corrected chi connectivity index (χ2v) is 5.65. The standard InChI is InChI=1S/C17H22N4O/c1-3-18-21-10-8-20(9-11-21)13-16-12-17(19-22-16)15-6-4-14(2)5-7-15/h3-7,12H,8-11,13H2,1-2H3/b18-3+. The Bertz CT molecular complexity index is 624. The van der Waals surface area contributed by atoms with E-state index in [0.29, 0.717) is 0 Å². The Morgan fingerprint density at radius 3 is 2.59 bits per heavy atom. The Morgan fingerprint density at radius 2 is 1.91 bits per heavy atom. The number of piperazine rings is 1. The van der Waals surface area contributed by atoms with E-state index in [0.717, 1.165) is 49.7 Å². The van der Waals surface area contributed by atoms with E-state index >= 15 is 0 Å². The molecule has 1 aromatic heterocycles. The van der Waals surface area contributed by atoms with Gasteiger partial charge in [-0.2, -0.15) is 5.10 Å². The van der Waals surface area contributed by atoms with Gasteiger partial charge in [0.15, 0.2) is 5.76 Å². The molecule has 1 fully saturated rings. The molecule has 1 aromatic carbocycles. The van der Waals surface area contributed by atoms with Crippen molar-refractivity contribution < 1.29 is 4.52 Å². The molecule has 0 saturated carbocycles. The van der Waals surface area contributed by atoms with E-state index in [1.807, 2.05) is 19.2 Å². The van der Waals surface area contributed by atoms with E-state index in [1.165, 1.54) is 5.56 Å². The lowest BCUT2D eigenvalue weighted by Crippen LogP contribution is -2.43. The van der Waals surface area contributed by atoms with Crippen LogP contribution in [0.15, 0.2) is 40.0 Å². The van der Waals surface area contributed by atoms with Gasteiger partial charge in [-0.05, 0) is 13.8 Å². The zero-order valence-corrected chi connectivity index (χ0v) is 13.2. The number of hydrogen-bond acceptors (Lipinski definition) is 5. The summed E-state index contributed by atoms with van der Waals surface area (Å²) >= 11 is 0. The Kier molecular flexibility index (Phi) is 4.53. The second kappa shape index (κ2) is 6.75. The van der Waals surface area contributed by atoms with Crippen LogP contribution >= 0.6 is 0 Å². The molecule has 0 spiro atoms. The molecule has 0 amide bonds. The van der Waals surface area contributed by atoms with Crippen LogP contribution in [-0.2, 0) is 6.54 Å². The molecule has 116 valence electrons. The van der Waals surface area contributed by atoms with Crippen molar-refractivity contribution in [3.8, 4) is 11.3 Å². The SMILES string of the molecule is C/C=N/N1CCN(Cc2cc(-c3ccc(C)cc3)no2)CC1. The van der Waals surface area contributed by atoms with Gasteiger partial charge in [-0.3, -0.25) is 9.91 Å². The van der Waals surface area contributed by atoms with Crippen molar-refractivity contribution in [3.05, 3.63) is 41.7 Å². The first-order chi connectivity index (χ1) is 10.7. The van der Waals surface area contributed by atoms with Gasteiger partial charge in [0.25, 0.3) is 0 Å². The van der Waals surface area contributed by atoms with Crippen molar-refractivity contribution in [2.75, 3.05) is 26.2 Å². The van der Waals surface area contributed by atoms with E-state index < -0.39 is 0 Å². The lowest BCUT2D eigenvalue weighted by atomic mass is 10.1. The van der Waals surface area contributed by atoms with E-state index in [1.54, 1.807) is 0 Å². The Hall–Kier alpha value is -2.14. The molecule has 22 heavy (non-hydrogen) atoms. The number of aromatic nitrogens is 1. The third-order valence-corrected chi connectivity index (χ3v) is 3.91. The first-order valence-electron chi connectivity index (χ1n) is 7.73. The van der Waals surface area contributed by atoms with Gasteiger partial charge in [-0.15, -0.1) is 0 Å². The Balaban J connectivity index is 1.59. The summed E-state index contributed by atoms with van der Waals surface area (Å²) in [6.45, 7) is 8.76. The van der Waals surface area contributed by atoms with Crippen LogP contribution in [0.3, 0.4) is 0 Å². The van der Waals surface area contributed by atoms with Gasteiger partial charge in [0.05, 0.1) is 6.54 Å². The van der Waals surface area contributed by atoms with E-state index in [9.17, 15) is 0 Å². The van der Waals surface area contributed by atoms with Gasteiger partial charge in [0, 0.05) is 44.0 Å². The minimum atomic E-state index is 0.808. The van der Waals surface area contributed by atoms with Crippen LogP contribution in [0.25, 0.3) is 11.3 Å². The molecule has 5 nitrogen and oxygen atoms in total. The van der Waals surface area contributed by atoms with Crippen molar-refractivity contribution >= 4 is 6.21 Å². The number of benzene rings is 1. The van der Waals surface area contributed by atoms with Gasteiger partial charge in [0.2, 0.25) is 0 Å². The summed E-state index contributed by atoms with van der Waals surface area (Å²) < 4.78 is 5.49. The average Bonchev–Trinajstić information content (AvgIpc) is 2.99. The maximum absolute atomic E-state index is 5.49. The third-order valence-electron chi connectivity index (χ3n) is 3.91. The first kappa shape index (κ1) is 14.8. The smallest absolute Gasteiger partial charge is 0.151 e. The van der Waals surface area contributed by atoms with Gasteiger partial charge in [0.1, 0.15) is 5.69 Å². The highest BCUT2D eigenvalue weighted by Gasteiger charge is 2.17. The van der Waals surface area contributed by atoms with Gasteiger partial charge in [-0.1, -0.05) is 35.0 Å². The molecule has 2 aromatic rings. The average molecular weight is 298 g/mol. The topological polar surface area (TPSA) is 44.9 Å². The van der Waals surface area contributed by atoms with Crippen LogP contribution in [0.2, 0.25) is 0 Å². The van der Waals surface area contributed by atoms with Crippen molar-refractivity contribution in [2.45, 2.75) is 20.4 Å². The van der Waals surface area contributed by atoms with Crippen molar-refractivity contribution in [2.24, 2.45) is 5.10 Å². The van der Waals surface area contributed by atoms with Crippen LogP contribution < -0.4 is 0 Å². The molecule has 0 bridgehead atoms. The summed E-state index contributed by atoms with van der Waals surface area (Å²) in [4.78, 5) is 2.38. The highest BCUT2D eigenvalue weighted by atomic mass is 16.5. The molecule has 5 heteroatoms. The molecule has 0 radical (unpaired) electrons. The lowest BCUT2D eigenvalue weighted by Gasteiger charge is -2.32. The quantitative estimate of drug-likeness (QED) is 0.814. The van der Waals surface area contributed by atoms with Crippen molar-refractivity contribution in [1.29, 1.82) is 0 Å². The molecule has 0 unspecified atom stereocenters. The maximum atomic E-state index is 5.49. The Morgan fingerprint density at radius 1 is 1.18 bits per heavy atom. The molecule has 0 aliphatic carbocycles. The number of rotatable bonds is 4. The molecule has 1 saturated heterocycles. The number of aryl methyl sites for hydroxylation is 1.